The van der Waals surface area contributed by atoms with E-state index >= 15 is 0 Å². The maximum Gasteiger partial charge on any atom is 0.137 e. The van der Waals surface area contributed by atoms with Crippen LogP contribution in [0, 0.1) is 0 Å². The topological polar surface area (TPSA) is 26.3 Å². The van der Waals surface area contributed by atoms with Gasteiger partial charge in [0.25, 0.3) is 0 Å². The van der Waals surface area contributed by atoms with Gasteiger partial charge in [0, 0.05) is 18.3 Å². The molecule has 0 aromatic heterocycles. The second kappa shape index (κ2) is 3.98. The second-order valence-electron chi connectivity index (χ2n) is 5.50. The lowest BCUT2D eigenvalue weighted by Crippen LogP contribution is -2.34. The molecule has 1 aromatic rings. The fourth-order valence-corrected chi connectivity index (χ4v) is 3.29. The summed E-state index contributed by atoms with van der Waals surface area (Å²) in [6.45, 7) is 2.27. The third kappa shape index (κ3) is 1.59. The number of hydrogen-bond donors (Lipinski definition) is 0. The molecule has 1 aromatic carbocycles. The molecule has 0 spiro atoms. The van der Waals surface area contributed by atoms with E-state index in [4.69, 9.17) is 4.74 Å². The molecular weight excluding hydrogens is 224 g/mol. The quantitative estimate of drug-likeness (QED) is 0.707. The number of carbonyl (C=O) groups is 1. The summed E-state index contributed by atoms with van der Waals surface area (Å²) in [4.78, 5) is 11.6. The van der Waals surface area contributed by atoms with Gasteiger partial charge in [-0.05, 0) is 36.1 Å². The molecule has 3 rings (SSSR count). The molecule has 1 atom stereocenters. The molecule has 0 saturated heterocycles. The molecule has 18 heavy (non-hydrogen) atoms. The summed E-state index contributed by atoms with van der Waals surface area (Å²) in [6.07, 6.45) is 5.46. The van der Waals surface area contributed by atoms with Crippen LogP contribution < -0.4 is 4.74 Å². The highest BCUT2D eigenvalue weighted by molar-refractivity contribution is 5.83. The first kappa shape index (κ1) is 11.5. The van der Waals surface area contributed by atoms with Crippen LogP contribution in [0.3, 0.4) is 0 Å². The van der Waals surface area contributed by atoms with Crippen LogP contribution in [0.5, 0.6) is 5.75 Å². The highest BCUT2D eigenvalue weighted by atomic mass is 16.5. The van der Waals surface area contributed by atoms with E-state index in [1.165, 1.54) is 16.7 Å². The molecule has 0 amide bonds. The summed E-state index contributed by atoms with van der Waals surface area (Å²) < 4.78 is 5.29. The summed E-state index contributed by atoms with van der Waals surface area (Å²) in [5.41, 5.74) is 4.10. The van der Waals surface area contributed by atoms with Crippen LogP contribution in [0.15, 0.2) is 29.8 Å². The van der Waals surface area contributed by atoms with Crippen molar-refractivity contribution in [1.82, 2.24) is 0 Å². The van der Waals surface area contributed by atoms with Gasteiger partial charge in [-0.1, -0.05) is 24.6 Å². The van der Waals surface area contributed by atoms with Gasteiger partial charge in [-0.15, -0.1) is 0 Å². The Morgan fingerprint density at radius 3 is 2.94 bits per heavy atom. The van der Waals surface area contributed by atoms with Gasteiger partial charge in [0.2, 0.25) is 0 Å². The van der Waals surface area contributed by atoms with E-state index in [9.17, 15) is 4.79 Å². The van der Waals surface area contributed by atoms with Crippen molar-refractivity contribution >= 4 is 5.78 Å². The summed E-state index contributed by atoms with van der Waals surface area (Å²) in [6, 6.07) is 6.34. The Morgan fingerprint density at radius 2 is 2.17 bits per heavy atom. The minimum atomic E-state index is 0.0633. The molecule has 2 heteroatoms. The number of hydrogen-bond acceptors (Lipinski definition) is 2. The molecule has 1 saturated carbocycles. The minimum absolute atomic E-state index is 0.0633. The van der Waals surface area contributed by atoms with E-state index < -0.39 is 0 Å². The van der Waals surface area contributed by atoms with Crippen molar-refractivity contribution < 1.29 is 9.53 Å². The van der Waals surface area contributed by atoms with Crippen LogP contribution in [-0.2, 0) is 16.6 Å². The second-order valence-corrected chi connectivity index (χ2v) is 5.50. The zero-order valence-electron chi connectivity index (χ0n) is 11.0. The first-order chi connectivity index (χ1) is 8.63. The Balaban J connectivity index is 2.08. The zero-order valence-corrected chi connectivity index (χ0v) is 11.0. The Morgan fingerprint density at radius 1 is 1.33 bits per heavy atom. The molecule has 1 fully saturated rings. The monoisotopic (exact) mass is 242 g/mol. The SMILES string of the molecule is COc1ccc2c(c1)CC=C1CC(=O)CCC12C. The van der Waals surface area contributed by atoms with Crippen molar-refractivity contribution in [1.29, 1.82) is 0 Å². The van der Waals surface area contributed by atoms with E-state index in [1.807, 2.05) is 6.07 Å². The fourth-order valence-electron chi connectivity index (χ4n) is 3.29. The Bertz CT molecular complexity index is 542. The standard InChI is InChI=1S/C16H18O2/c1-16-8-7-13(17)10-12(16)4-3-11-9-14(18-2)5-6-15(11)16/h4-6,9H,3,7-8,10H2,1-2H3. The lowest BCUT2D eigenvalue weighted by atomic mass is 9.63. The number of rotatable bonds is 1. The maximum absolute atomic E-state index is 11.6. The predicted molar refractivity (Wildman–Crippen MR) is 71.0 cm³/mol. The van der Waals surface area contributed by atoms with Crippen molar-refractivity contribution in [2.24, 2.45) is 0 Å². The highest BCUT2D eigenvalue weighted by Gasteiger charge is 2.39. The van der Waals surface area contributed by atoms with E-state index in [-0.39, 0.29) is 5.41 Å². The first-order valence-corrected chi connectivity index (χ1v) is 6.52. The molecule has 0 aliphatic heterocycles. The molecule has 2 aliphatic rings. The highest BCUT2D eigenvalue weighted by Crippen LogP contribution is 2.46. The first-order valence-electron chi connectivity index (χ1n) is 6.52. The van der Waals surface area contributed by atoms with Crippen molar-refractivity contribution in [2.45, 2.75) is 38.0 Å². The number of ketones is 1. The maximum atomic E-state index is 11.6. The molecule has 2 aliphatic carbocycles. The zero-order chi connectivity index (χ0) is 12.8. The molecule has 94 valence electrons. The van der Waals surface area contributed by atoms with Crippen LogP contribution >= 0.6 is 0 Å². The third-order valence-electron chi connectivity index (χ3n) is 4.48. The fraction of sp³-hybridized carbons (Fsp3) is 0.438. The van der Waals surface area contributed by atoms with Gasteiger partial charge >= 0.3 is 0 Å². The summed E-state index contributed by atoms with van der Waals surface area (Å²) in [5.74, 6) is 1.30. The smallest absolute Gasteiger partial charge is 0.137 e. The minimum Gasteiger partial charge on any atom is -0.497 e. The Hall–Kier alpha value is -1.57. The summed E-state index contributed by atoms with van der Waals surface area (Å²) in [7, 11) is 1.70. The summed E-state index contributed by atoms with van der Waals surface area (Å²) in [5, 5.41) is 0. The van der Waals surface area contributed by atoms with Crippen LogP contribution in [0.4, 0.5) is 0 Å². The average molecular weight is 242 g/mol. The van der Waals surface area contributed by atoms with Crippen LogP contribution in [0.2, 0.25) is 0 Å². The average Bonchev–Trinajstić information content (AvgIpc) is 2.39. The van der Waals surface area contributed by atoms with Gasteiger partial charge in [-0.2, -0.15) is 0 Å². The number of ether oxygens (including phenoxy) is 1. The van der Waals surface area contributed by atoms with Gasteiger partial charge in [-0.25, -0.2) is 0 Å². The van der Waals surface area contributed by atoms with E-state index in [2.05, 4.69) is 25.1 Å². The van der Waals surface area contributed by atoms with Crippen molar-refractivity contribution in [3.63, 3.8) is 0 Å². The number of fused-ring (bicyclic) bond motifs is 3. The lowest BCUT2D eigenvalue weighted by Gasteiger charge is -2.40. The van der Waals surface area contributed by atoms with Crippen LogP contribution in [-0.4, -0.2) is 12.9 Å². The molecule has 2 nitrogen and oxygen atoms in total. The van der Waals surface area contributed by atoms with Gasteiger partial charge in [0.1, 0.15) is 11.5 Å². The van der Waals surface area contributed by atoms with Crippen LogP contribution in [0.25, 0.3) is 0 Å². The van der Waals surface area contributed by atoms with Gasteiger partial charge in [0.15, 0.2) is 0 Å². The summed E-state index contributed by atoms with van der Waals surface area (Å²) >= 11 is 0. The van der Waals surface area contributed by atoms with Crippen molar-refractivity contribution in [3.05, 3.63) is 41.0 Å². The third-order valence-corrected chi connectivity index (χ3v) is 4.48. The normalized spacial score (nSPS) is 26.1. The number of Topliss-reactive ketones (excluding diaryl/α,β-unsaturated/α-hetero) is 1. The molecule has 0 N–H and O–H groups in total. The molecule has 0 radical (unpaired) electrons. The number of allylic oxidation sites excluding steroid dienone is 2. The van der Waals surface area contributed by atoms with Crippen molar-refractivity contribution in [3.8, 4) is 5.75 Å². The van der Waals surface area contributed by atoms with Gasteiger partial charge in [0.05, 0.1) is 7.11 Å². The molecule has 1 unspecified atom stereocenters. The van der Waals surface area contributed by atoms with Crippen molar-refractivity contribution in [2.75, 3.05) is 7.11 Å². The number of carbonyl (C=O) groups excluding carboxylic acids is 1. The van der Waals surface area contributed by atoms with E-state index in [1.54, 1.807) is 7.11 Å². The lowest BCUT2D eigenvalue weighted by molar-refractivity contribution is -0.119. The Kier molecular flexibility index (Phi) is 2.54. The molecular formula is C16H18O2. The van der Waals surface area contributed by atoms with Gasteiger partial charge in [-0.3, -0.25) is 4.79 Å². The number of benzene rings is 1. The Labute approximate surface area is 108 Å². The predicted octanol–water partition coefficient (Wildman–Crippen LogP) is 3.19. The van der Waals surface area contributed by atoms with E-state index in [0.29, 0.717) is 18.6 Å². The largest absolute Gasteiger partial charge is 0.497 e. The molecule has 0 bridgehead atoms. The van der Waals surface area contributed by atoms with Crippen LogP contribution in [0.1, 0.15) is 37.3 Å². The molecule has 0 heterocycles. The van der Waals surface area contributed by atoms with E-state index in [0.717, 1.165) is 18.6 Å². The number of methoxy groups -OCH3 is 1. The van der Waals surface area contributed by atoms with Gasteiger partial charge < -0.3 is 4.74 Å².